The molecule has 0 saturated heterocycles. The Morgan fingerprint density at radius 1 is 1.19 bits per heavy atom. The Hall–Kier alpha value is -2.08. The van der Waals surface area contributed by atoms with Crippen molar-refractivity contribution in [3.05, 3.63) is 63.5 Å². The number of benzene rings is 2. The van der Waals surface area contributed by atoms with Crippen LogP contribution in [0.4, 0.5) is 5.13 Å². The Balaban J connectivity index is 1.65. The van der Waals surface area contributed by atoms with Gasteiger partial charge >= 0.3 is 0 Å². The lowest BCUT2D eigenvalue weighted by atomic mass is 10.2. The number of nitrogens with one attached hydrogen (secondary N) is 1. The molecule has 0 aliphatic heterocycles. The Kier molecular flexibility index (Phi) is 6.72. The van der Waals surface area contributed by atoms with E-state index in [0.29, 0.717) is 33.0 Å². The van der Waals surface area contributed by atoms with Gasteiger partial charge in [0, 0.05) is 21.5 Å². The zero-order valence-electron chi connectivity index (χ0n) is 14.7. The molecule has 27 heavy (non-hydrogen) atoms. The number of amides is 1. The second-order valence-electron chi connectivity index (χ2n) is 5.84. The fourth-order valence-electron chi connectivity index (χ4n) is 2.36. The first-order chi connectivity index (χ1) is 13.1. The first-order valence-electron chi connectivity index (χ1n) is 8.52. The van der Waals surface area contributed by atoms with Crippen LogP contribution >= 0.6 is 34.5 Å². The minimum Gasteiger partial charge on any atom is -0.494 e. The Morgan fingerprint density at radius 2 is 1.96 bits per heavy atom. The van der Waals surface area contributed by atoms with Crippen LogP contribution in [0.15, 0.2) is 47.8 Å². The summed E-state index contributed by atoms with van der Waals surface area (Å²) in [5.74, 6) is 0.534. The van der Waals surface area contributed by atoms with E-state index in [1.807, 2.05) is 11.4 Å². The van der Waals surface area contributed by atoms with Gasteiger partial charge < -0.3 is 4.74 Å². The highest BCUT2D eigenvalue weighted by molar-refractivity contribution is 7.14. The number of hydrogen-bond acceptors (Lipinski definition) is 4. The van der Waals surface area contributed by atoms with Crippen LogP contribution in [0, 0.1) is 0 Å². The molecule has 7 heteroatoms. The Morgan fingerprint density at radius 3 is 2.67 bits per heavy atom. The number of carbonyl (C=O) groups is 1. The predicted octanol–water partition coefficient (Wildman–Crippen LogP) is 6.55. The summed E-state index contributed by atoms with van der Waals surface area (Å²) in [6, 6.07) is 12.3. The van der Waals surface area contributed by atoms with Crippen molar-refractivity contribution in [2.75, 3.05) is 11.9 Å². The minimum atomic E-state index is -0.224. The second-order valence-corrected chi connectivity index (χ2v) is 7.54. The van der Waals surface area contributed by atoms with E-state index in [9.17, 15) is 4.79 Å². The van der Waals surface area contributed by atoms with Gasteiger partial charge in [0.1, 0.15) is 5.75 Å². The summed E-state index contributed by atoms with van der Waals surface area (Å²) in [5.41, 5.74) is 2.00. The highest BCUT2D eigenvalue weighted by Crippen LogP contribution is 2.32. The van der Waals surface area contributed by atoms with E-state index < -0.39 is 0 Å². The second kappa shape index (κ2) is 9.22. The molecule has 0 aliphatic carbocycles. The number of hydrogen-bond donors (Lipinski definition) is 1. The molecule has 3 rings (SSSR count). The van der Waals surface area contributed by atoms with E-state index in [0.717, 1.165) is 24.2 Å². The summed E-state index contributed by atoms with van der Waals surface area (Å²) in [6.45, 7) is 2.79. The smallest absolute Gasteiger partial charge is 0.257 e. The molecule has 2 aromatic carbocycles. The SMILES string of the molecule is CCCCOc1ccc(C(=O)Nc2nc(-c3ccc(Cl)cc3Cl)cs2)cc1. The third kappa shape index (κ3) is 5.22. The molecule has 1 N–H and O–H groups in total. The molecule has 3 aromatic rings. The lowest BCUT2D eigenvalue weighted by Gasteiger charge is -2.06. The minimum absolute atomic E-state index is 0.224. The third-order valence-electron chi connectivity index (χ3n) is 3.81. The van der Waals surface area contributed by atoms with Crippen molar-refractivity contribution in [2.24, 2.45) is 0 Å². The number of aromatic nitrogens is 1. The summed E-state index contributed by atoms with van der Waals surface area (Å²) in [5, 5.41) is 6.24. The van der Waals surface area contributed by atoms with Crippen molar-refractivity contribution in [2.45, 2.75) is 19.8 Å². The van der Waals surface area contributed by atoms with E-state index in [-0.39, 0.29) is 5.91 Å². The first kappa shape index (κ1) is 19.7. The quantitative estimate of drug-likeness (QED) is 0.440. The number of nitrogens with zero attached hydrogens (tertiary/aromatic N) is 1. The Labute approximate surface area is 172 Å². The van der Waals surface area contributed by atoms with Crippen molar-refractivity contribution in [3.63, 3.8) is 0 Å². The normalized spacial score (nSPS) is 10.6. The number of unbranched alkanes of at least 4 members (excludes halogenated alkanes) is 1. The molecular formula is C20H18Cl2N2O2S. The van der Waals surface area contributed by atoms with Gasteiger partial charge in [0.2, 0.25) is 0 Å². The fraction of sp³-hybridized carbons (Fsp3) is 0.200. The van der Waals surface area contributed by atoms with Gasteiger partial charge in [-0.05, 0) is 48.9 Å². The molecule has 0 atom stereocenters. The average Bonchev–Trinajstić information content (AvgIpc) is 3.10. The average molecular weight is 421 g/mol. The van der Waals surface area contributed by atoms with Gasteiger partial charge in [-0.1, -0.05) is 36.5 Å². The number of rotatable bonds is 7. The van der Waals surface area contributed by atoms with Crippen LogP contribution in [-0.4, -0.2) is 17.5 Å². The summed E-state index contributed by atoms with van der Waals surface area (Å²) in [7, 11) is 0. The largest absolute Gasteiger partial charge is 0.494 e. The van der Waals surface area contributed by atoms with Gasteiger partial charge in [0.15, 0.2) is 5.13 Å². The molecule has 1 aromatic heterocycles. The third-order valence-corrected chi connectivity index (χ3v) is 5.12. The van der Waals surface area contributed by atoms with E-state index in [1.165, 1.54) is 11.3 Å². The maximum absolute atomic E-state index is 12.4. The molecule has 4 nitrogen and oxygen atoms in total. The van der Waals surface area contributed by atoms with E-state index in [2.05, 4.69) is 17.2 Å². The van der Waals surface area contributed by atoms with Crippen LogP contribution in [-0.2, 0) is 0 Å². The number of anilines is 1. The van der Waals surface area contributed by atoms with Crippen LogP contribution < -0.4 is 10.1 Å². The summed E-state index contributed by atoms with van der Waals surface area (Å²) >= 11 is 13.5. The number of ether oxygens (including phenoxy) is 1. The van der Waals surface area contributed by atoms with Gasteiger partial charge in [-0.15, -0.1) is 11.3 Å². The van der Waals surface area contributed by atoms with E-state index in [1.54, 1.807) is 36.4 Å². The van der Waals surface area contributed by atoms with Crippen molar-refractivity contribution < 1.29 is 9.53 Å². The molecule has 0 fully saturated rings. The van der Waals surface area contributed by atoms with Gasteiger partial charge in [0.25, 0.3) is 5.91 Å². The molecule has 1 amide bonds. The zero-order valence-corrected chi connectivity index (χ0v) is 17.0. The molecule has 0 saturated carbocycles. The Bertz CT molecular complexity index is 926. The maximum atomic E-state index is 12.4. The molecule has 0 radical (unpaired) electrons. The predicted molar refractivity (Wildman–Crippen MR) is 112 cm³/mol. The highest BCUT2D eigenvalue weighted by atomic mass is 35.5. The van der Waals surface area contributed by atoms with Crippen LogP contribution in [0.3, 0.4) is 0 Å². The lowest BCUT2D eigenvalue weighted by molar-refractivity contribution is 0.102. The number of thiazole rings is 1. The summed E-state index contributed by atoms with van der Waals surface area (Å²) in [4.78, 5) is 16.9. The van der Waals surface area contributed by atoms with Gasteiger partial charge in [0.05, 0.1) is 17.3 Å². The topological polar surface area (TPSA) is 51.2 Å². The maximum Gasteiger partial charge on any atom is 0.257 e. The lowest BCUT2D eigenvalue weighted by Crippen LogP contribution is -2.11. The van der Waals surface area contributed by atoms with Crippen LogP contribution in [0.5, 0.6) is 5.75 Å². The fourth-order valence-corrected chi connectivity index (χ4v) is 3.57. The number of carbonyl (C=O) groups excluding carboxylic acids is 1. The zero-order chi connectivity index (χ0) is 19.2. The summed E-state index contributed by atoms with van der Waals surface area (Å²) in [6.07, 6.45) is 2.09. The van der Waals surface area contributed by atoms with Crippen molar-refractivity contribution in [1.82, 2.24) is 4.98 Å². The molecule has 1 heterocycles. The molecule has 0 unspecified atom stereocenters. The van der Waals surface area contributed by atoms with Gasteiger partial charge in [-0.25, -0.2) is 4.98 Å². The van der Waals surface area contributed by atoms with Crippen LogP contribution in [0.25, 0.3) is 11.3 Å². The molecule has 140 valence electrons. The number of halogens is 2. The molecular weight excluding hydrogens is 403 g/mol. The van der Waals surface area contributed by atoms with Crippen LogP contribution in [0.2, 0.25) is 10.0 Å². The van der Waals surface area contributed by atoms with Crippen LogP contribution in [0.1, 0.15) is 30.1 Å². The monoisotopic (exact) mass is 420 g/mol. The van der Waals surface area contributed by atoms with Gasteiger partial charge in [-0.3, -0.25) is 10.1 Å². The van der Waals surface area contributed by atoms with Gasteiger partial charge in [-0.2, -0.15) is 0 Å². The van der Waals surface area contributed by atoms with E-state index >= 15 is 0 Å². The van der Waals surface area contributed by atoms with Crippen molar-refractivity contribution in [1.29, 1.82) is 0 Å². The molecule has 0 bridgehead atoms. The standard InChI is InChI=1S/C20H18Cl2N2O2S/c1-2-3-10-26-15-7-4-13(5-8-15)19(25)24-20-23-18(12-27-20)16-9-6-14(21)11-17(16)22/h4-9,11-12H,2-3,10H2,1H3,(H,23,24,25). The highest BCUT2D eigenvalue weighted by Gasteiger charge is 2.12. The first-order valence-corrected chi connectivity index (χ1v) is 10.2. The van der Waals surface area contributed by atoms with E-state index in [4.69, 9.17) is 27.9 Å². The summed E-state index contributed by atoms with van der Waals surface area (Å²) < 4.78 is 5.61. The van der Waals surface area contributed by atoms with Crippen molar-refractivity contribution in [3.8, 4) is 17.0 Å². The molecule has 0 aliphatic rings. The molecule has 0 spiro atoms. The van der Waals surface area contributed by atoms with Crippen molar-refractivity contribution >= 4 is 45.6 Å².